The first-order chi connectivity index (χ1) is 18.9. The Morgan fingerprint density at radius 3 is 2.38 bits per heavy atom. The fourth-order valence-electron chi connectivity index (χ4n) is 4.31. The normalized spacial score (nSPS) is 15.4. The van der Waals surface area contributed by atoms with Crippen molar-refractivity contribution in [2.45, 2.75) is 58.5 Å². The van der Waals surface area contributed by atoms with Crippen LogP contribution in [0.1, 0.15) is 45.6 Å². The monoisotopic (exact) mass is 578 g/mol. The van der Waals surface area contributed by atoms with Gasteiger partial charge in [-0.15, -0.1) is 5.10 Å². The third-order valence-electron chi connectivity index (χ3n) is 6.50. The number of hydrogen-bond donors (Lipinski definition) is 3. The van der Waals surface area contributed by atoms with Gasteiger partial charge in [-0.1, -0.05) is 13.8 Å². The second-order valence-corrected chi connectivity index (χ2v) is 11.3. The van der Waals surface area contributed by atoms with Gasteiger partial charge in [0.25, 0.3) is 5.56 Å². The lowest BCUT2D eigenvalue weighted by atomic mass is 10.2. The predicted molar refractivity (Wildman–Crippen MR) is 149 cm³/mol. The van der Waals surface area contributed by atoms with Crippen molar-refractivity contribution in [1.29, 1.82) is 0 Å². The molecular formula is C26H38N6O7S. The van der Waals surface area contributed by atoms with Crippen molar-refractivity contribution < 1.29 is 28.2 Å². The predicted octanol–water partition coefficient (Wildman–Crippen LogP) is 1.52. The van der Waals surface area contributed by atoms with Crippen molar-refractivity contribution in [3.8, 4) is 17.1 Å². The molecule has 40 heavy (non-hydrogen) atoms. The number of aromatic nitrogens is 4. The standard InChI is InChI=1S/C23H32N6O4S.C3H6O3/c1-5-8-20-24-16(4)21-23(30)25-22(26-29(20)21)18-15-17(9-10-19(18)33-7-3)34(31,32)28-13-11-27(6-2)12-14-28;1-2(4)3(5)6/h9-10,15H,5-8,11-14H2,1-4H3,(H,25,26,30);2,4H,1H3,(H,5,6). The number of rotatable bonds is 9. The molecule has 13 nitrogen and oxygen atoms in total. The maximum atomic E-state index is 13.4. The maximum Gasteiger partial charge on any atom is 0.332 e. The van der Waals surface area contributed by atoms with E-state index in [0.29, 0.717) is 67.6 Å². The number of H-pyrrole nitrogens is 1. The zero-order chi connectivity index (χ0) is 29.6. The molecule has 1 aliphatic rings. The average molecular weight is 579 g/mol. The summed E-state index contributed by atoms with van der Waals surface area (Å²) in [5.41, 5.74) is 1.09. The van der Waals surface area contributed by atoms with E-state index in [0.717, 1.165) is 13.0 Å². The minimum Gasteiger partial charge on any atom is -0.493 e. The summed E-state index contributed by atoms with van der Waals surface area (Å²) in [7, 11) is -3.71. The molecule has 0 saturated carbocycles. The highest BCUT2D eigenvalue weighted by atomic mass is 32.2. The highest BCUT2D eigenvalue weighted by molar-refractivity contribution is 7.89. The first kappa shape index (κ1) is 31.2. The molecule has 1 fully saturated rings. The highest BCUT2D eigenvalue weighted by Gasteiger charge is 2.29. The lowest BCUT2D eigenvalue weighted by molar-refractivity contribution is -0.145. The fraction of sp³-hybridized carbons (Fsp3) is 0.538. The summed E-state index contributed by atoms with van der Waals surface area (Å²) in [4.78, 5) is 32.1. The quantitative estimate of drug-likeness (QED) is 0.338. The number of fused-ring (bicyclic) bond motifs is 1. The van der Waals surface area contributed by atoms with E-state index in [1.165, 1.54) is 11.2 Å². The van der Waals surface area contributed by atoms with Gasteiger partial charge in [-0.05, 0) is 51.9 Å². The van der Waals surface area contributed by atoms with Gasteiger partial charge in [-0.3, -0.25) is 4.79 Å². The van der Waals surface area contributed by atoms with Crippen LogP contribution in [0, 0.1) is 6.92 Å². The molecule has 220 valence electrons. The lowest BCUT2D eigenvalue weighted by Gasteiger charge is -2.33. The topological polar surface area (TPSA) is 170 Å². The average Bonchev–Trinajstić information content (AvgIpc) is 3.24. The fourth-order valence-corrected chi connectivity index (χ4v) is 5.76. The van der Waals surface area contributed by atoms with Crippen LogP contribution in [0.2, 0.25) is 0 Å². The summed E-state index contributed by atoms with van der Waals surface area (Å²) in [5, 5.41) is 20.4. The molecule has 0 aliphatic carbocycles. The molecule has 1 atom stereocenters. The van der Waals surface area contributed by atoms with Gasteiger partial charge in [-0.25, -0.2) is 22.7 Å². The third-order valence-corrected chi connectivity index (χ3v) is 8.39. The van der Waals surface area contributed by atoms with Crippen LogP contribution in [-0.2, 0) is 21.2 Å². The van der Waals surface area contributed by atoms with E-state index >= 15 is 0 Å². The molecule has 4 rings (SSSR count). The number of aliphatic hydroxyl groups is 1. The van der Waals surface area contributed by atoms with Gasteiger partial charge < -0.3 is 24.8 Å². The lowest BCUT2D eigenvalue weighted by Crippen LogP contribution is -2.48. The number of nitrogens with zero attached hydrogens (tertiary/aromatic N) is 5. The van der Waals surface area contributed by atoms with Crippen LogP contribution >= 0.6 is 0 Å². The Labute approximate surface area is 233 Å². The number of carbonyl (C=O) groups is 1. The number of carboxylic acid groups (broad SMARTS) is 1. The number of aromatic amines is 1. The first-order valence-electron chi connectivity index (χ1n) is 13.3. The van der Waals surface area contributed by atoms with Gasteiger partial charge >= 0.3 is 5.97 Å². The minimum atomic E-state index is -3.71. The Morgan fingerprint density at radius 2 is 1.82 bits per heavy atom. The molecule has 1 saturated heterocycles. The second kappa shape index (κ2) is 13.4. The summed E-state index contributed by atoms with van der Waals surface area (Å²) in [6.45, 7) is 12.5. The highest BCUT2D eigenvalue weighted by Crippen LogP contribution is 2.31. The summed E-state index contributed by atoms with van der Waals surface area (Å²) >= 11 is 0. The Morgan fingerprint density at radius 1 is 1.18 bits per heavy atom. The maximum absolute atomic E-state index is 13.4. The number of likely N-dealkylation sites (N-methyl/N-ethyl adjacent to an activating group) is 1. The first-order valence-corrected chi connectivity index (χ1v) is 14.8. The number of carboxylic acids is 1. The number of benzene rings is 1. The van der Waals surface area contributed by atoms with Crippen molar-refractivity contribution in [2.24, 2.45) is 0 Å². The summed E-state index contributed by atoms with van der Waals surface area (Å²) in [6, 6.07) is 4.72. The number of sulfonamides is 1. The van der Waals surface area contributed by atoms with E-state index in [4.69, 9.17) is 14.9 Å². The summed E-state index contributed by atoms with van der Waals surface area (Å²) in [6.07, 6.45) is 0.289. The third kappa shape index (κ3) is 6.86. The smallest absolute Gasteiger partial charge is 0.332 e. The number of aliphatic hydroxyl groups excluding tert-OH is 1. The van der Waals surface area contributed by atoms with E-state index in [9.17, 15) is 18.0 Å². The van der Waals surface area contributed by atoms with Crippen molar-refractivity contribution in [3.05, 3.63) is 40.1 Å². The van der Waals surface area contributed by atoms with Crippen LogP contribution in [-0.4, -0.2) is 98.8 Å². The Hall–Kier alpha value is -3.33. The number of nitrogens with one attached hydrogen (secondary N) is 1. The molecule has 3 aromatic rings. The molecular weight excluding hydrogens is 540 g/mol. The Balaban J connectivity index is 0.000000663. The van der Waals surface area contributed by atoms with E-state index in [-0.39, 0.29) is 16.3 Å². The molecule has 14 heteroatoms. The van der Waals surface area contributed by atoms with Crippen LogP contribution in [0.3, 0.4) is 0 Å². The number of aryl methyl sites for hydroxylation is 2. The number of ether oxygens (including phenoxy) is 1. The van der Waals surface area contributed by atoms with Crippen LogP contribution in [0.5, 0.6) is 5.75 Å². The molecule has 1 aromatic carbocycles. The van der Waals surface area contributed by atoms with Crippen LogP contribution in [0.25, 0.3) is 16.9 Å². The SMILES string of the molecule is CC(O)C(=O)O.CCCc1nc(C)c2c(=O)[nH]c(-c3cc(S(=O)(=O)N4CCN(CC)CC4)ccc3OCC)nn12. The van der Waals surface area contributed by atoms with Crippen LogP contribution < -0.4 is 10.3 Å². The van der Waals surface area contributed by atoms with Crippen molar-refractivity contribution in [2.75, 3.05) is 39.3 Å². The molecule has 1 aliphatic heterocycles. The van der Waals surface area contributed by atoms with Crippen molar-refractivity contribution in [1.82, 2.24) is 28.8 Å². The zero-order valence-corrected chi connectivity index (χ0v) is 24.4. The van der Waals surface area contributed by atoms with Gasteiger partial charge in [0.05, 0.1) is 22.8 Å². The molecule has 3 heterocycles. The van der Waals surface area contributed by atoms with Crippen LogP contribution in [0.15, 0.2) is 27.9 Å². The van der Waals surface area contributed by atoms with Crippen molar-refractivity contribution in [3.63, 3.8) is 0 Å². The van der Waals surface area contributed by atoms with Gasteiger partial charge in [0, 0.05) is 32.6 Å². The molecule has 0 radical (unpaired) electrons. The van der Waals surface area contributed by atoms with Crippen LogP contribution in [0.4, 0.5) is 0 Å². The van der Waals surface area contributed by atoms with Gasteiger partial charge in [0.15, 0.2) is 11.3 Å². The van der Waals surface area contributed by atoms with Gasteiger partial charge in [-0.2, -0.15) is 4.31 Å². The van der Waals surface area contributed by atoms with Gasteiger partial charge in [0.1, 0.15) is 17.7 Å². The molecule has 0 amide bonds. The van der Waals surface area contributed by atoms with E-state index in [2.05, 4.69) is 26.9 Å². The largest absolute Gasteiger partial charge is 0.493 e. The Bertz CT molecular complexity index is 1490. The molecule has 0 spiro atoms. The van der Waals surface area contributed by atoms with E-state index < -0.39 is 22.1 Å². The summed E-state index contributed by atoms with van der Waals surface area (Å²) < 4.78 is 35.7. The molecule has 3 N–H and O–H groups in total. The molecule has 1 unspecified atom stereocenters. The van der Waals surface area contributed by atoms with Gasteiger partial charge in [0.2, 0.25) is 10.0 Å². The number of aliphatic carboxylic acids is 1. The second-order valence-electron chi connectivity index (χ2n) is 9.37. The number of hydrogen-bond acceptors (Lipinski definition) is 9. The minimum absolute atomic E-state index is 0.147. The number of imidazole rings is 1. The van der Waals surface area contributed by atoms with E-state index in [1.807, 2.05) is 13.8 Å². The van der Waals surface area contributed by atoms with E-state index in [1.54, 1.807) is 29.6 Å². The number of piperazine rings is 1. The van der Waals surface area contributed by atoms with Crippen molar-refractivity contribution >= 4 is 21.5 Å². The molecule has 0 bridgehead atoms. The molecule has 2 aromatic heterocycles. The Kier molecular flexibility index (Phi) is 10.4. The zero-order valence-electron chi connectivity index (χ0n) is 23.5. The summed E-state index contributed by atoms with van der Waals surface area (Å²) in [5.74, 6) is 0.199.